The molecule has 1 aliphatic heterocycles. The summed E-state index contributed by atoms with van der Waals surface area (Å²) in [5, 5.41) is 12.0. The molecule has 1 fully saturated rings. The predicted octanol–water partition coefficient (Wildman–Crippen LogP) is 3.47. The van der Waals surface area contributed by atoms with Gasteiger partial charge in [0.05, 0.1) is 11.6 Å². The fourth-order valence-corrected chi connectivity index (χ4v) is 2.64. The van der Waals surface area contributed by atoms with Gasteiger partial charge < -0.3 is 10.2 Å². The molecule has 22 heavy (non-hydrogen) atoms. The lowest BCUT2D eigenvalue weighted by molar-refractivity contribution is 0.726. The van der Waals surface area contributed by atoms with Crippen molar-refractivity contribution in [2.45, 2.75) is 25.7 Å². The highest BCUT2D eigenvalue weighted by atomic mass is 15.2. The standard InChI is InChI=1S/C17H19N5/c18-13-14-5-7-15(8-6-14)20-17-19-10-9-16(21-17)22-11-3-1-2-4-12-22/h5-10H,1-4,11-12H2,(H,19,20,21). The fourth-order valence-electron chi connectivity index (χ4n) is 2.64. The van der Waals surface area contributed by atoms with Crippen molar-refractivity contribution in [1.82, 2.24) is 9.97 Å². The van der Waals surface area contributed by atoms with Crippen molar-refractivity contribution in [3.63, 3.8) is 0 Å². The molecule has 2 heterocycles. The van der Waals surface area contributed by atoms with Gasteiger partial charge in [0.25, 0.3) is 0 Å². The van der Waals surface area contributed by atoms with Crippen molar-refractivity contribution in [2.75, 3.05) is 23.3 Å². The summed E-state index contributed by atoms with van der Waals surface area (Å²) in [5.74, 6) is 1.57. The van der Waals surface area contributed by atoms with Crippen LogP contribution in [0.5, 0.6) is 0 Å². The van der Waals surface area contributed by atoms with E-state index >= 15 is 0 Å². The highest BCUT2D eigenvalue weighted by Gasteiger charge is 2.11. The minimum Gasteiger partial charge on any atom is -0.356 e. The van der Waals surface area contributed by atoms with Crippen LogP contribution in [-0.4, -0.2) is 23.1 Å². The predicted molar refractivity (Wildman–Crippen MR) is 87.2 cm³/mol. The zero-order valence-electron chi connectivity index (χ0n) is 12.5. The van der Waals surface area contributed by atoms with Crippen molar-refractivity contribution < 1.29 is 0 Å². The summed E-state index contributed by atoms with van der Waals surface area (Å²) in [6.07, 6.45) is 6.85. The summed E-state index contributed by atoms with van der Waals surface area (Å²) in [6.45, 7) is 2.13. The van der Waals surface area contributed by atoms with E-state index in [1.54, 1.807) is 18.3 Å². The molecular weight excluding hydrogens is 274 g/mol. The van der Waals surface area contributed by atoms with Crippen LogP contribution in [0.25, 0.3) is 0 Å². The van der Waals surface area contributed by atoms with Crippen molar-refractivity contribution in [2.24, 2.45) is 0 Å². The van der Waals surface area contributed by atoms with E-state index in [0.717, 1.165) is 24.6 Å². The Kier molecular flexibility index (Phi) is 4.50. The van der Waals surface area contributed by atoms with Crippen molar-refractivity contribution >= 4 is 17.5 Å². The Morgan fingerprint density at radius 3 is 2.41 bits per heavy atom. The summed E-state index contributed by atoms with van der Waals surface area (Å²) in [5.41, 5.74) is 1.52. The van der Waals surface area contributed by atoms with Crippen LogP contribution in [0, 0.1) is 11.3 Å². The van der Waals surface area contributed by atoms with E-state index in [4.69, 9.17) is 5.26 Å². The van der Waals surface area contributed by atoms with Gasteiger partial charge in [0.1, 0.15) is 5.82 Å². The molecule has 0 atom stereocenters. The number of rotatable bonds is 3. The van der Waals surface area contributed by atoms with Gasteiger partial charge in [0, 0.05) is 25.0 Å². The second-order valence-corrected chi connectivity index (χ2v) is 5.45. The molecule has 0 bridgehead atoms. The number of anilines is 3. The van der Waals surface area contributed by atoms with Crippen molar-refractivity contribution in [3.8, 4) is 6.07 Å². The molecule has 1 aromatic heterocycles. The Labute approximate surface area is 130 Å². The van der Waals surface area contributed by atoms with E-state index in [1.165, 1.54) is 25.7 Å². The maximum atomic E-state index is 8.82. The molecule has 0 aliphatic carbocycles. The Morgan fingerprint density at radius 2 is 1.73 bits per heavy atom. The lowest BCUT2D eigenvalue weighted by atomic mass is 10.2. The summed E-state index contributed by atoms with van der Waals surface area (Å²) in [4.78, 5) is 11.2. The number of hydrogen-bond donors (Lipinski definition) is 1. The van der Waals surface area contributed by atoms with Crippen LogP contribution in [0.4, 0.5) is 17.5 Å². The monoisotopic (exact) mass is 293 g/mol. The highest BCUT2D eigenvalue weighted by molar-refractivity contribution is 5.56. The smallest absolute Gasteiger partial charge is 0.229 e. The zero-order chi connectivity index (χ0) is 15.2. The van der Waals surface area contributed by atoms with Crippen LogP contribution in [0.3, 0.4) is 0 Å². The molecule has 1 aromatic carbocycles. The molecule has 5 heteroatoms. The van der Waals surface area contributed by atoms with E-state index in [-0.39, 0.29) is 0 Å². The fraction of sp³-hybridized carbons (Fsp3) is 0.353. The van der Waals surface area contributed by atoms with Crippen molar-refractivity contribution in [1.29, 1.82) is 5.26 Å². The zero-order valence-corrected chi connectivity index (χ0v) is 12.5. The van der Waals surface area contributed by atoms with E-state index in [0.29, 0.717) is 11.5 Å². The van der Waals surface area contributed by atoms with Gasteiger partial charge in [-0.1, -0.05) is 12.8 Å². The molecule has 1 N–H and O–H groups in total. The normalized spacial score (nSPS) is 15.0. The van der Waals surface area contributed by atoms with Crippen LogP contribution in [0.2, 0.25) is 0 Å². The molecule has 0 spiro atoms. The lowest BCUT2D eigenvalue weighted by Crippen LogP contribution is -2.25. The molecule has 112 valence electrons. The van der Waals surface area contributed by atoms with Gasteiger partial charge in [-0.25, -0.2) is 4.98 Å². The number of nitrogens with one attached hydrogen (secondary N) is 1. The lowest BCUT2D eigenvalue weighted by Gasteiger charge is -2.21. The molecule has 0 radical (unpaired) electrons. The number of benzene rings is 1. The summed E-state index contributed by atoms with van der Waals surface area (Å²) in [7, 11) is 0. The van der Waals surface area contributed by atoms with E-state index < -0.39 is 0 Å². The van der Waals surface area contributed by atoms with Crippen LogP contribution in [0.15, 0.2) is 36.5 Å². The number of nitrogens with zero attached hydrogens (tertiary/aromatic N) is 4. The molecule has 1 aliphatic rings. The number of nitriles is 1. The Morgan fingerprint density at radius 1 is 1.00 bits per heavy atom. The highest BCUT2D eigenvalue weighted by Crippen LogP contribution is 2.19. The summed E-state index contributed by atoms with van der Waals surface area (Å²) in [6, 6.07) is 11.4. The van der Waals surface area contributed by atoms with Gasteiger partial charge in [-0.3, -0.25) is 0 Å². The molecule has 3 rings (SSSR count). The number of aromatic nitrogens is 2. The molecule has 5 nitrogen and oxygen atoms in total. The first kappa shape index (κ1) is 14.3. The van der Waals surface area contributed by atoms with Gasteiger partial charge >= 0.3 is 0 Å². The van der Waals surface area contributed by atoms with Crippen LogP contribution >= 0.6 is 0 Å². The second-order valence-electron chi connectivity index (χ2n) is 5.45. The van der Waals surface area contributed by atoms with Gasteiger partial charge in [-0.05, 0) is 43.2 Å². The third-order valence-electron chi connectivity index (χ3n) is 3.84. The van der Waals surface area contributed by atoms with Gasteiger partial charge in [0.2, 0.25) is 5.95 Å². The second kappa shape index (κ2) is 6.90. The quantitative estimate of drug-likeness (QED) is 0.938. The van der Waals surface area contributed by atoms with Gasteiger partial charge in [-0.15, -0.1) is 0 Å². The third kappa shape index (κ3) is 3.53. The molecule has 2 aromatic rings. The summed E-state index contributed by atoms with van der Waals surface area (Å²) >= 11 is 0. The molecule has 0 saturated carbocycles. The first-order valence-corrected chi connectivity index (χ1v) is 7.70. The number of hydrogen-bond acceptors (Lipinski definition) is 5. The minimum absolute atomic E-state index is 0.589. The molecule has 1 saturated heterocycles. The average molecular weight is 293 g/mol. The molecule has 0 amide bonds. The Hall–Kier alpha value is -2.61. The van der Waals surface area contributed by atoms with E-state index in [2.05, 4.69) is 26.3 Å². The van der Waals surface area contributed by atoms with Crippen LogP contribution in [0.1, 0.15) is 31.2 Å². The average Bonchev–Trinajstić information content (AvgIpc) is 2.85. The van der Waals surface area contributed by atoms with Gasteiger partial charge in [0.15, 0.2) is 0 Å². The first-order valence-electron chi connectivity index (χ1n) is 7.70. The third-order valence-corrected chi connectivity index (χ3v) is 3.84. The van der Waals surface area contributed by atoms with E-state index in [9.17, 15) is 0 Å². The van der Waals surface area contributed by atoms with Crippen LogP contribution in [-0.2, 0) is 0 Å². The van der Waals surface area contributed by atoms with Crippen molar-refractivity contribution in [3.05, 3.63) is 42.1 Å². The van der Waals surface area contributed by atoms with Gasteiger partial charge in [-0.2, -0.15) is 10.2 Å². The Balaban J connectivity index is 1.74. The topological polar surface area (TPSA) is 64.8 Å². The SMILES string of the molecule is N#Cc1ccc(Nc2nccc(N3CCCCCC3)n2)cc1. The maximum Gasteiger partial charge on any atom is 0.229 e. The molecule has 0 unspecified atom stereocenters. The first-order chi connectivity index (χ1) is 10.8. The minimum atomic E-state index is 0.589. The van der Waals surface area contributed by atoms with Crippen LogP contribution < -0.4 is 10.2 Å². The largest absolute Gasteiger partial charge is 0.356 e. The molecular formula is C17H19N5. The van der Waals surface area contributed by atoms with E-state index in [1.807, 2.05) is 18.2 Å². The Bertz CT molecular complexity index is 651. The summed E-state index contributed by atoms with van der Waals surface area (Å²) < 4.78 is 0. The maximum absolute atomic E-state index is 8.82.